The van der Waals surface area contributed by atoms with Crippen LogP contribution >= 0.6 is 0 Å². The van der Waals surface area contributed by atoms with Crippen LogP contribution in [-0.2, 0) is 14.3 Å². The van der Waals surface area contributed by atoms with Crippen molar-refractivity contribution in [3.05, 3.63) is 24.3 Å². The quantitative estimate of drug-likeness (QED) is 0.738. The maximum atomic E-state index is 12.2. The molecule has 1 atom stereocenters. The maximum absolute atomic E-state index is 12.2. The molecule has 6 heteroatoms. The second-order valence-corrected chi connectivity index (χ2v) is 6.17. The van der Waals surface area contributed by atoms with Crippen LogP contribution in [0.15, 0.2) is 24.3 Å². The molecule has 0 bridgehead atoms. The van der Waals surface area contributed by atoms with Gasteiger partial charge in [-0.25, -0.2) is 0 Å². The van der Waals surface area contributed by atoms with Crippen molar-refractivity contribution in [2.24, 2.45) is 5.92 Å². The van der Waals surface area contributed by atoms with Crippen LogP contribution < -0.4 is 15.0 Å². The summed E-state index contributed by atoms with van der Waals surface area (Å²) in [6.07, 6.45) is 1.22. The molecular formula is C18H26N2O4. The second kappa shape index (κ2) is 8.68. The van der Waals surface area contributed by atoms with Gasteiger partial charge < -0.3 is 19.7 Å². The minimum Gasteiger partial charge on any atom is -0.497 e. The molecule has 1 saturated heterocycles. The molecule has 1 aliphatic rings. The van der Waals surface area contributed by atoms with E-state index >= 15 is 0 Å². The first-order valence-corrected chi connectivity index (χ1v) is 8.35. The monoisotopic (exact) mass is 334 g/mol. The van der Waals surface area contributed by atoms with E-state index in [0.717, 1.165) is 17.9 Å². The van der Waals surface area contributed by atoms with Crippen LogP contribution in [0.4, 0.5) is 5.69 Å². The van der Waals surface area contributed by atoms with Gasteiger partial charge in [-0.15, -0.1) is 0 Å². The van der Waals surface area contributed by atoms with Crippen molar-refractivity contribution in [1.82, 2.24) is 5.32 Å². The smallest absolute Gasteiger partial charge is 0.227 e. The first kappa shape index (κ1) is 18.3. The standard InChI is InChI=1S/C18H26N2O4/c1-13(2)24-10-4-9-19-18(22)14-11-17(21)20(12-14)15-5-7-16(23-3)8-6-15/h5-8,13-14H,4,9-12H2,1-3H3,(H,19,22)/t14-/m1/s1. The van der Waals surface area contributed by atoms with Crippen LogP contribution in [-0.4, -0.2) is 44.7 Å². The number of nitrogens with one attached hydrogen (secondary N) is 1. The molecular weight excluding hydrogens is 308 g/mol. The highest BCUT2D eigenvalue weighted by atomic mass is 16.5. The van der Waals surface area contributed by atoms with Gasteiger partial charge in [0.25, 0.3) is 0 Å². The van der Waals surface area contributed by atoms with Crippen LogP contribution in [0, 0.1) is 5.92 Å². The minimum absolute atomic E-state index is 0.0246. The maximum Gasteiger partial charge on any atom is 0.227 e. The SMILES string of the molecule is COc1ccc(N2C[C@H](C(=O)NCCCOC(C)C)CC2=O)cc1. The van der Waals surface area contributed by atoms with Crippen LogP contribution in [0.5, 0.6) is 5.75 Å². The fraction of sp³-hybridized carbons (Fsp3) is 0.556. The van der Waals surface area contributed by atoms with E-state index in [1.54, 1.807) is 12.0 Å². The Balaban J connectivity index is 1.81. The predicted molar refractivity (Wildman–Crippen MR) is 92.2 cm³/mol. The lowest BCUT2D eigenvalue weighted by atomic mass is 10.1. The molecule has 2 amide bonds. The molecule has 1 fully saturated rings. The third-order valence-electron chi connectivity index (χ3n) is 3.95. The number of benzene rings is 1. The van der Waals surface area contributed by atoms with Gasteiger partial charge in [-0.3, -0.25) is 9.59 Å². The predicted octanol–water partition coefficient (Wildman–Crippen LogP) is 1.98. The van der Waals surface area contributed by atoms with Crippen molar-refractivity contribution >= 4 is 17.5 Å². The zero-order chi connectivity index (χ0) is 17.5. The molecule has 24 heavy (non-hydrogen) atoms. The highest BCUT2D eigenvalue weighted by molar-refractivity contribution is 6.00. The fourth-order valence-corrected chi connectivity index (χ4v) is 2.64. The van der Waals surface area contributed by atoms with Crippen LogP contribution in [0.2, 0.25) is 0 Å². The molecule has 0 radical (unpaired) electrons. The Morgan fingerprint density at radius 2 is 2.04 bits per heavy atom. The summed E-state index contributed by atoms with van der Waals surface area (Å²) in [4.78, 5) is 26.1. The van der Waals surface area contributed by atoms with Crippen LogP contribution in [0.1, 0.15) is 26.7 Å². The van der Waals surface area contributed by atoms with Gasteiger partial charge in [-0.2, -0.15) is 0 Å². The molecule has 0 unspecified atom stereocenters. The van der Waals surface area contributed by atoms with Gasteiger partial charge >= 0.3 is 0 Å². The molecule has 1 N–H and O–H groups in total. The number of nitrogens with zero attached hydrogens (tertiary/aromatic N) is 1. The van der Waals surface area contributed by atoms with Crippen LogP contribution in [0.3, 0.4) is 0 Å². The number of rotatable bonds is 8. The molecule has 6 nitrogen and oxygen atoms in total. The molecule has 132 valence electrons. The summed E-state index contributed by atoms with van der Waals surface area (Å²) in [5, 5.41) is 2.89. The number of ether oxygens (including phenoxy) is 2. The summed E-state index contributed by atoms with van der Waals surface area (Å²) in [5.74, 6) is 0.348. The van der Waals surface area contributed by atoms with Gasteiger partial charge in [-0.05, 0) is 44.5 Å². The first-order valence-electron chi connectivity index (χ1n) is 8.35. The summed E-state index contributed by atoms with van der Waals surface area (Å²) in [6.45, 7) is 5.57. The molecule has 0 aromatic heterocycles. The molecule has 0 aliphatic carbocycles. The summed E-state index contributed by atoms with van der Waals surface area (Å²) in [5.41, 5.74) is 0.793. The number of anilines is 1. The summed E-state index contributed by atoms with van der Waals surface area (Å²) in [6, 6.07) is 7.29. The van der Waals surface area contributed by atoms with Crippen molar-refractivity contribution in [3.63, 3.8) is 0 Å². The Morgan fingerprint density at radius 3 is 2.67 bits per heavy atom. The van der Waals surface area contributed by atoms with Gasteiger partial charge in [0.05, 0.1) is 19.1 Å². The third kappa shape index (κ3) is 4.96. The Kier molecular flexibility index (Phi) is 6.61. The van der Waals surface area contributed by atoms with E-state index in [0.29, 0.717) is 19.7 Å². The van der Waals surface area contributed by atoms with Gasteiger partial charge in [0.1, 0.15) is 5.75 Å². The minimum atomic E-state index is -0.300. The average molecular weight is 334 g/mol. The van der Waals surface area contributed by atoms with Gasteiger partial charge in [0, 0.05) is 31.8 Å². The highest BCUT2D eigenvalue weighted by Crippen LogP contribution is 2.26. The van der Waals surface area contributed by atoms with Crippen molar-refractivity contribution < 1.29 is 19.1 Å². The first-order chi connectivity index (χ1) is 11.5. The fourth-order valence-electron chi connectivity index (χ4n) is 2.64. The molecule has 0 spiro atoms. The Hall–Kier alpha value is -2.08. The largest absolute Gasteiger partial charge is 0.497 e. The van der Waals surface area contributed by atoms with E-state index < -0.39 is 0 Å². The number of amides is 2. The summed E-state index contributed by atoms with van der Waals surface area (Å²) < 4.78 is 10.6. The second-order valence-electron chi connectivity index (χ2n) is 6.17. The summed E-state index contributed by atoms with van der Waals surface area (Å²) >= 11 is 0. The lowest BCUT2D eigenvalue weighted by molar-refractivity contribution is -0.126. The Bertz CT molecular complexity index is 557. The molecule has 1 aromatic rings. The molecule has 1 aliphatic heterocycles. The average Bonchev–Trinajstić information content (AvgIpc) is 2.96. The van der Waals surface area contributed by atoms with E-state index in [1.807, 2.05) is 38.1 Å². The van der Waals surface area contributed by atoms with Crippen LogP contribution in [0.25, 0.3) is 0 Å². The van der Waals surface area contributed by atoms with Gasteiger partial charge in [0.2, 0.25) is 11.8 Å². The van der Waals surface area contributed by atoms with E-state index in [4.69, 9.17) is 9.47 Å². The van der Waals surface area contributed by atoms with Crippen molar-refractivity contribution in [3.8, 4) is 5.75 Å². The van der Waals surface area contributed by atoms with Gasteiger partial charge in [-0.1, -0.05) is 0 Å². The highest BCUT2D eigenvalue weighted by Gasteiger charge is 2.34. The number of carbonyl (C=O) groups excluding carboxylic acids is 2. The lowest BCUT2D eigenvalue weighted by Crippen LogP contribution is -2.34. The molecule has 1 aromatic carbocycles. The third-order valence-corrected chi connectivity index (χ3v) is 3.95. The van der Waals surface area contributed by atoms with E-state index in [1.165, 1.54) is 0 Å². The molecule has 0 saturated carbocycles. The van der Waals surface area contributed by atoms with E-state index in [2.05, 4.69) is 5.32 Å². The Morgan fingerprint density at radius 1 is 1.33 bits per heavy atom. The van der Waals surface area contributed by atoms with Crippen molar-refractivity contribution in [2.45, 2.75) is 32.8 Å². The lowest BCUT2D eigenvalue weighted by Gasteiger charge is -2.17. The molecule has 2 rings (SSSR count). The number of hydrogen-bond donors (Lipinski definition) is 1. The number of carbonyl (C=O) groups is 2. The van der Waals surface area contributed by atoms with Crippen molar-refractivity contribution in [2.75, 3.05) is 31.7 Å². The number of hydrogen-bond acceptors (Lipinski definition) is 4. The number of methoxy groups -OCH3 is 1. The van der Waals surface area contributed by atoms with Gasteiger partial charge in [0.15, 0.2) is 0 Å². The van der Waals surface area contributed by atoms with E-state index in [9.17, 15) is 9.59 Å². The zero-order valence-corrected chi connectivity index (χ0v) is 14.6. The normalized spacial score (nSPS) is 17.4. The van der Waals surface area contributed by atoms with Crippen molar-refractivity contribution in [1.29, 1.82) is 0 Å². The summed E-state index contributed by atoms with van der Waals surface area (Å²) in [7, 11) is 1.60. The van der Waals surface area contributed by atoms with E-state index in [-0.39, 0.29) is 30.3 Å². The Labute approximate surface area is 143 Å². The molecule has 1 heterocycles. The topological polar surface area (TPSA) is 67.9 Å². The zero-order valence-electron chi connectivity index (χ0n) is 14.6.